The number of ether oxygens (including phenoxy) is 1. The van der Waals surface area contributed by atoms with E-state index in [-0.39, 0.29) is 0 Å². The largest absolute Gasteiger partial charge is 0.394 e. The lowest BCUT2D eigenvalue weighted by atomic mass is 10.1. The molecule has 4 atom stereocenters. The second-order valence-electron chi connectivity index (χ2n) is 3.70. The van der Waals surface area contributed by atoms with Crippen molar-refractivity contribution in [3.8, 4) is 0 Å². The van der Waals surface area contributed by atoms with Crippen LogP contribution < -0.4 is 11.2 Å². The molecule has 1 unspecified atom stereocenters. The van der Waals surface area contributed by atoms with E-state index in [4.69, 9.17) is 9.84 Å². The molecule has 3 N–H and O–H groups in total. The number of aromatic nitrogens is 2. The molecule has 94 valence electrons. The van der Waals surface area contributed by atoms with Crippen LogP contribution in [0.1, 0.15) is 6.23 Å². The maximum Gasteiger partial charge on any atom is 0.330 e. The van der Waals surface area contributed by atoms with Crippen molar-refractivity contribution in [2.45, 2.75) is 24.6 Å². The van der Waals surface area contributed by atoms with Crippen LogP contribution in [0.2, 0.25) is 0 Å². The molecule has 2 rings (SSSR count). The lowest BCUT2D eigenvalue weighted by molar-refractivity contribution is -0.0537. The zero-order valence-electron chi connectivity index (χ0n) is 8.62. The SMILES string of the molecule is O=c1ccn([C@@H]2O[C@H](CO)[C@H](F)C2O)c(=O)[nH]1. The van der Waals surface area contributed by atoms with Gasteiger partial charge in [-0.2, -0.15) is 0 Å². The maximum atomic E-state index is 13.4. The molecule has 7 nitrogen and oxygen atoms in total. The van der Waals surface area contributed by atoms with Gasteiger partial charge in [-0.05, 0) is 0 Å². The highest BCUT2D eigenvalue weighted by molar-refractivity contribution is 4.93. The first-order chi connectivity index (χ1) is 8.04. The van der Waals surface area contributed by atoms with E-state index in [0.29, 0.717) is 0 Å². The summed E-state index contributed by atoms with van der Waals surface area (Å²) in [7, 11) is 0. The van der Waals surface area contributed by atoms with Gasteiger partial charge in [0.15, 0.2) is 12.4 Å². The Morgan fingerprint density at radius 3 is 2.76 bits per heavy atom. The van der Waals surface area contributed by atoms with Crippen LogP contribution in [0, 0.1) is 0 Å². The quantitative estimate of drug-likeness (QED) is 0.567. The van der Waals surface area contributed by atoms with Gasteiger partial charge in [0.05, 0.1) is 6.61 Å². The predicted molar refractivity (Wildman–Crippen MR) is 53.2 cm³/mol. The smallest absolute Gasteiger partial charge is 0.330 e. The monoisotopic (exact) mass is 246 g/mol. The first-order valence-electron chi connectivity index (χ1n) is 4.94. The van der Waals surface area contributed by atoms with E-state index in [1.807, 2.05) is 4.98 Å². The molecule has 0 radical (unpaired) electrons. The van der Waals surface area contributed by atoms with Gasteiger partial charge < -0.3 is 14.9 Å². The van der Waals surface area contributed by atoms with Gasteiger partial charge in [-0.15, -0.1) is 0 Å². The van der Waals surface area contributed by atoms with E-state index in [1.54, 1.807) is 0 Å². The van der Waals surface area contributed by atoms with E-state index in [2.05, 4.69) is 0 Å². The minimum atomic E-state index is -1.79. The van der Waals surface area contributed by atoms with Crippen molar-refractivity contribution in [2.24, 2.45) is 0 Å². The maximum absolute atomic E-state index is 13.4. The number of alkyl halides is 1. The molecule has 2 heterocycles. The van der Waals surface area contributed by atoms with Gasteiger partial charge in [0, 0.05) is 12.3 Å². The molecule has 0 aliphatic carbocycles. The molecule has 1 aromatic rings. The number of rotatable bonds is 2. The number of aliphatic hydroxyl groups is 2. The van der Waals surface area contributed by atoms with Crippen molar-refractivity contribution in [3.05, 3.63) is 33.1 Å². The van der Waals surface area contributed by atoms with E-state index in [1.165, 1.54) is 0 Å². The van der Waals surface area contributed by atoms with Crippen molar-refractivity contribution in [3.63, 3.8) is 0 Å². The van der Waals surface area contributed by atoms with Crippen LogP contribution in [0.3, 0.4) is 0 Å². The normalized spacial score (nSPS) is 32.9. The van der Waals surface area contributed by atoms with Crippen molar-refractivity contribution < 1.29 is 19.3 Å². The number of aliphatic hydroxyl groups excluding tert-OH is 2. The molecule has 0 spiro atoms. The number of halogens is 1. The standard InChI is InChI=1S/C9H11FN2O5/c10-6-4(3-13)17-8(7(6)15)12-2-1-5(14)11-9(12)16/h1-2,4,6-8,13,15H,3H2,(H,11,14,16)/t4-,6+,7?,8-/m1/s1. The topological polar surface area (TPSA) is 105 Å². The fourth-order valence-corrected chi connectivity index (χ4v) is 1.71. The van der Waals surface area contributed by atoms with E-state index >= 15 is 0 Å². The van der Waals surface area contributed by atoms with Crippen LogP contribution in [0.5, 0.6) is 0 Å². The minimum Gasteiger partial charge on any atom is -0.394 e. The third-order valence-corrected chi connectivity index (χ3v) is 2.59. The first kappa shape index (κ1) is 12.0. The summed E-state index contributed by atoms with van der Waals surface area (Å²) in [5, 5.41) is 18.4. The highest BCUT2D eigenvalue weighted by Crippen LogP contribution is 2.29. The lowest BCUT2D eigenvalue weighted by Crippen LogP contribution is -2.36. The molecule has 1 saturated heterocycles. The Bertz CT molecular complexity index is 513. The van der Waals surface area contributed by atoms with Crippen LogP contribution >= 0.6 is 0 Å². The number of nitrogens with zero attached hydrogens (tertiary/aromatic N) is 1. The average Bonchev–Trinajstić information content (AvgIpc) is 2.57. The van der Waals surface area contributed by atoms with Crippen molar-refractivity contribution in [1.29, 1.82) is 0 Å². The van der Waals surface area contributed by atoms with E-state index < -0.39 is 42.5 Å². The molecular weight excluding hydrogens is 235 g/mol. The summed E-state index contributed by atoms with van der Waals surface area (Å²) in [4.78, 5) is 24.2. The van der Waals surface area contributed by atoms with Gasteiger partial charge in [-0.25, -0.2) is 9.18 Å². The fraction of sp³-hybridized carbons (Fsp3) is 0.556. The van der Waals surface area contributed by atoms with Gasteiger partial charge in [-0.3, -0.25) is 14.3 Å². The van der Waals surface area contributed by atoms with E-state index in [9.17, 15) is 19.1 Å². The van der Waals surface area contributed by atoms with Crippen molar-refractivity contribution in [1.82, 2.24) is 9.55 Å². The Balaban J connectivity index is 2.35. The Morgan fingerprint density at radius 2 is 2.24 bits per heavy atom. The Labute approximate surface area is 94.1 Å². The summed E-state index contributed by atoms with van der Waals surface area (Å²) in [5.74, 6) is 0. The summed E-state index contributed by atoms with van der Waals surface area (Å²) < 4.78 is 19.3. The second kappa shape index (κ2) is 4.40. The number of H-pyrrole nitrogens is 1. The number of hydrogen-bond donors (Lipinski definition) is 3. The Morgan fingerprint density at radius 1 is 1.53 bits per heavy atom. The van der Waals surface area contributed by atoms with Gasteiger partial charge in [-0.1, -0.05) is 0 Å². The molecule has 0 bridgehead atoms. The molecule has 8 heteroatoms. The van der Waals surface area contributed by atoms with Crippen molar-refractivity contribution in [2.75, 3.05) is 6.61 Å². The van der Waals surface area contributed by atoms with E-state index in [0.717, 1.165) is 16.8 Å². The summed E-state index contributed by atoms with van der Waals surface area (Å²) in [5.41, 5.74) is -1.42. The van der Waals surface area contributed by atoms with Crippen LogP contribution in [0.15, 0.2) is 21.9 Å². The molecule has 0 saturated carbocycles. The second-order valence-corrected chi connectivity index (χ2v) is 3.70. The average molecular weight is 246 g/mol. The summed E-state index contributed by atoms with van der Waals surface area (Å²) in [6.07, 6.45) is -4.71. The molecule has 17 heavy (non-hydrogen) atoms. The highest BCUT2D eigenvalue weighted by atomic mass is 19.1. The van der Waals surface area contributed by atoms with Gasteiger partial charge >= 0.3 is 5.69 Å². The highest BCUT2D eigenvalue weighted by Gasteiger charge is 2.45. The predicted octanol–water partition coefficient (Wildman–Crippen LogP) is -1.87. The third kappa shape index (κ3) is 2.02. The Kier molecular flexibility index (Phi) is 3.09. The zero-order valence-corrected chi connectivity index (χ0v) is 8.62. The van der Waals surface area contributed by atoms with Gasteiger partial charge in [0.1, 0.15) is 12.2 Å². The molecule has 1 aliphatic rings. The number of aromatic amines is 1. The summed E-state index contributed by atoms with van der Waals surface area (Å²) in [6, 6.07) is 1.05. The minimum absolute atomic E-state index is 0.603. The Hall–Kier alpha value is -1.51. The zero-order chi connectivity index (χ0) is 12.6. The summed E-state index contributed by atoms with van der Waals surface area (Å²) >= 11 is 0. The van der Waals surface area contributed by atoms with Crippen LogP contribution in [-0.2, 0) is 4.74 Å². The number of hydrogen-bond acceptors (Lipinski definition) is 5. The molecule has 1 aliphatic heterocycles. The van der Waals surface area contributed by atoms with Crippen LogP contribution in [0.4, 0.5) is 4.39 Å². The first-order valence-corrected chi connectivity index (χ1v) is 4.94. The molecule has 0 aromatic carbocycles. The fourth-order valence-electron chi connectivity index (χ4n) is 1.71. The molecule has 1 fully saturated rings. The van der Waals surface area contributed by atoms with Gasteiger partial charge in [0.25, 0.3) is 5.56 Å². The summed E-state index contributed by atoms with van der Waals surface area (Å²) in [6.45, 7) is -0.604. The third-order valence-electron chi connectivity index (χ3n) is 2.59. The molecule has 0 amide bonds. The lowest BCUT2D eigenvalue weighted by Gasteiger charge is -2.16. The van der Waals surface area contributed by atoms with Crippen LogP contribution in [0.25, 0.3) is 0 Å². The van der Waals surface area contributed by atoms with Crippen molar-refractivity contribution >= 4 is 0 Å². The van der Waals surface area contributed by atoms with Crippen LogP contribution in [-0.4, -0.2) is 44.8 Å². The molecular formula is C9H11FN2O5. The number of nitrogens with one attached hydrogen (secondary N) is 1. The van der Waals surface area contributed by atoms with Gasteiger partial charge in [0.2, 0.25) is 0 Å². The molecule has 1 aromatic heterocycles.